The molecule has 1 N–H and O–H groups in total. The van der Waals surface area contributed by atoms with Crippen molar-refractivity contribution in [2.24, 2.45) is 0 Å². The Morgan fingerprint density at radius 3 is 2.57 bits per heavy atom. The van der Waals surface area contributed by atoms with E-state index >= 15 is 0 Å². The maximum Gasteiger partial charge on any atom is 0.416 e. The zero-order valence-corrected chi connectivity index (χ0v) is 11.2. The number of alkyl halides is 3. The number of aromatic nitrogens is 1. The summed E-state index contributed by atoms with van der Waals surface area (Å²) in [6.45, 7) is 0. The minimum atomic E-state index is -4.45. The lowest BCUT2D eigenvalue weighted by atomic mass is 10.1. The fourth-order valence-corrected chi connectivity index (χ4v) is 1.94. The number of benzene rings is 1. The van der Waals surface area contributed by atoms with Gasteiger partial charge in [-0.3, -0.25) is 9.78 Å². The number of hydrogen-bond acceptors (Lipinski definition) is 2. The van der Waals surface area contributed by atoms with Crippen LogP contribution in [0.3, 0.4) is 0 Å². The Kier molecular flexibility index (Phi) is 4.18. The van der Waals surface area contributed by atoms with Crippen LogP contribution in [0.25, 0.3) is 11.3 Å². The van der Waals surface area contributed by atoms with Crippen LogP contribution in [0.4, 0.5) is 13.2 Å². The van der Waals surface area contributed by atoms with Crippen LogP contribution < -0.4 is 0 Å². The number of aliphatic carboxylic acids is 1. The highest BCUT2D eigenvalue weighted by molar-refractivity contribution is 6.31. The second-order valence-electron chi connectivity index (χ2n) is 4.27. The van der Waals surface area contributed by atoms with Crippen molar-refractivity contribution in [2.75, 3.05) is 0 Å². The van der Waals surface area contributed by atoms with Crippen molar-refractivity contribution < 1.29 is 23.1 Å². The SMILES string of the molecule is O=C(O)Cc1nc(-c2cccc(C(F)(F)F)c2)ccc1Cl. The molecule has 1 aromatic carbocycles. The molecule has 3 nitrogen and oxygen atoms in total. The molecule has 0 bridgehead atoms. The fraction of sp³-hybridized carbons (Fsp3) is 0.143. The van der Waals surface area contributed by atoms with Crippen LogP contribution in [0.2, 0.25) is 5.02 Å². The van der Waals surface area contributed by atoms with Crippen LogP contribution in [-0.2, 0) is 17.4 Å². The van der Waals surface area contributed by atoms with E-state index in [1.807, 2.05) is 0 Å². The molecule has 0 spiro atoms. The van der Waals surface area contributed by atoms with E-state index < -0.39 is 24.1 Å². The van der Waals surface area contributed by atoms with Crippen molar-refractivity contribution in [3.63, 3.8) is 0 Å². The van der Waals surface area contributed by atoms with Crippen molar-refractivity contribution in [1.29, 1.82) is 0 Å². The van der Waals surface area contributed by atoms with Crippen LogP contribution in [0.5, 0.6) is 0 Å². The highest BCUT2D eigenvalue weighted by atomic mass is 35.5. The van der Waals surface area contributed by atoms with Gasteiger partial charge in [-0.25, -0.2) is 0 Å². The lowest BCUT2D eigenvalue weighted by molar-refractivity contribution is -0.138. The maximum absolute atomic E-state index is 12.7. The normalized spacial score (nSPS) is 11.4. The van der Waals surface area contributed by atoms with Crippen LogP contribution in [0.15, 0.2) is 36.4 Å². The Hall–Kier alpha value is -2.08. The van der Waals surface area contributed by atoms with Crippen LogP contribution in [-0.4, -0.2) is 16.1 Å². The number of nitrogens with zero attached hydrogens (tertiary/aromatic N) is 1. The predicted molar refractivity (Wildman–Crippen MR) is 71.0 cm³/mol. The van der Waals surface area contributed by atoms with Gasteiger partial charge in [-0.05, 0) is 24.3 Å². The van der Waals surface area contributed by atoms with Gasteiger partial charge >= 0.3 is 12.1 Å². The van der Waals surface area contributed by atoms with Gasteiger partial charge in [0.05, 0.1) is 28.4 Å². The van der Waals surface area contributed by atoms with Crippen molar-refractivity contribution >= 4 is 17.6 Å². The average Bonchev–Trinajstić information content (AvgIpc) is 2.40. The van der Waals surface area contributed by atoms with Gasteiger partial charge in [0.1, 0.15) is 0 Å². The Labute approximate surface area is 123 Å². The highest BCUT2D eigenvalue weighted by Gasteiger charge is 2.30. The van der Waals surface area contributed by atoms with E-state index in [0.29, 0.717) is 0 Å². The summed E-state index contributed by atoms with van der Waals surface area (Å²) < 4.78 is 38.0. The standard InChI is InChI=1S/C14H9ClF3NO2/c15-10-4-5-11(19-12(10)7-13(20)21)8-2-1-3-9(6-8)14(16,17)18/h1-6H,7H2,(H,20,21). The molecule has 0 unspecified atom stereocenters. The molecule has 0 aliphatic carbocycles. The Morgan fingerprint density at radius 1 is 1.24 bits per heavy atom. The van der Waals surface area contributed by atoms with E-state index in [1.165, 1.54) is 24.3 Å². The number of pyridine rings is 1. The Balaban J connectivity index is 2.45. The van der Waals surface area contributed by atoms with Crippen LogP contribution in [0.1, 0.15) is 11.3 Å². The maximum atomic E-state index is 12.7. The molecule has 0 saturated heterocycles. The average molecular weight is 316 g/mol. The molecule has 1 aromatic heterocycles. The smallest absolute Gasteiger partial charge is 0.416 e. The quantitative estimate of drug-likeness (QED) is 0.929. The number of carboxylic acids is 1. The summed E-state index contributed by atoms with van der Waals surface area (Å²) in [5.74, 6) is -1.12. The third kappa shape index (κ3) is 3.72. The van der Waals surface area contributed by atoms with E-state index in [-0.39, 0.29) is 22.0 Å². The summed E-state index contributed by atoms with van der Waals surface area (Å²) in [5.41, 5.74) is -0.203. The van der Waals surface area contributed by atoms with Crippen molar-refractivity contribution in [2.45, 2.75) is 12.6 Å². The minimum absolute atomic E-state index is 0.110. The van der Waals surface area contributed by atoms with Crippen LogP contribution in [0, 0.1) is 0 Å². The molecule has 7 heteroatoms. The van der Waals surface area contributed by atoms with Gasteiger partial charge in [-0.1, -0.05) is 23.7 Å². The van der Waals surface area contributed by atoms with E-state index in [9.17, 15) is 18.0 Å². The molecular formula is C14H9ClF3NO2. The van der Waals surface area contributed by atoms with Gasteiger partial charge in [-0.15, -0.1) is 0 Å². The first kappa shape index (κ1) is 15.3. The zero-order valence-electron chi connectivity index (χ0n) is 10.5. The molecule has 0 radical (unpaired) electrons. The first-order valence-electron chi connectivity index (χ1n) is 5.82. The van der Waals surface area contributed by atoms with Gasteiger partial charge in [0.2, 0.25) is 0 Å². The summed E-state index contributed by atoms with van der Waals surface area (Å²) in [5, 5.41) is 8.92. The summed E-state index contributed by atoms with van der Waals surface area (Å²) in [4.78, 5) is 14.7. The molecule has 0 saturated carbocycles. The fourth-order valence-electron chi connectivity index (χ4n) is 1.77. The molecule has 2 rings (SSSR count). The van der Waals surface area contributed by atoms with E-state index in [0.717, 1.165) is 12.1 Å². The number of carboxylic acid groups (broad SMARTS) is 1. The summed E-state index contributed by atoms with van der Waals surface area (Å²) >= 11 is 5.83. The summed E-state index contributed by atoms with van der Waals surface area (Å²) in [6.07, 6.45) is -4.85. The molecule has 0 aliphatic rings. The number of rotatable bonds is 3. The van der Waals surface area contributed by atoms with Gasteiger partial charge in [0.15, 0.2) is 0 Å². The molecule has 110 valence electrons. The third-order valence-electron chi connectivity index (χ3n) is 2.72. The molecule has 0 fully saturated rings. The molecule has 0 aliphatic heterocycles. The molecule has 21 heavy (non-hydrogen) atoms. The molecule has 2 aromatic rings. The summed E-state index contributed by atoms with van der Waals surface area (Å²) in [7, 11) is 0. The lowest BCUT2D eigenvalue weighted by Gasteiger charge is -2.09. The van der Waals surface area contributed by atoms with Crippen molar-refractivity contribution in [3.8, 4) is 11.3 Å². The number of carbonyl (C=O) groups is 1. The highest BCUT2D eigenvalue weighted by Crippen LogP contribution is 2.32. The minimum Gasteiger partial charge on any atom is -0.481 e. The molecular weight excluding hydrogens is 307 g/mol. The number of hydrogen-bond donors (Lipinski definition) is 1. The zero-order chi connectivity index (χ0) is 15.6. The van der Waals surface area contributed by atoms with Crippen molar-refractivity contribution in [1.82, 2.24) is 4.98 Å². The molecule has 0 atom stereocenters. The second kappa shape index (κ2) is 5.73. The van der Waals surface area contributed by atoms with Crippen LogP contribution >= 0.6 is 11.6 Å². The van der Waals surface area contributed by atoms with E-state index in [1.54, 1.807) is 0 Å². The number of halogens is 4. The van der Waals surface area contributed by atoms with E-state index in [4.69, 9.17) is 16.7 Å². The van der Waals surface area contributed by atoms with Gasteiger partial charge in [-0.2, -0.15) is 13.2 Å². The second-order valence-corrected chi connectivity index (χ2v) is 4.68. The lowest BCUT2D eigenvalue weighted by Crippen LogP contribution is -2.05. The van der Waals surface area contributed by atoms with Crippen molar-refractivity contribution in [3.05, 3.63) is 52.7 Å². The van der Waals surface area contributed by atoms with Gasteiger partial charge in [0.25, 0.3) is 0 Å². The Bertz CT molecular complexity index is 686. The predicted octanol–water partition coefficient (Wildman–Crippen LogP) is 4.05. The topological polar surface area (TPSA) is 50.2 Å². The summed E-state index contributed by atoms with van der Waals surface area (Å²) in [6, 6.07) is 7.52. The van der Waals surface area contributed by atoms with E-state index in [2.05, 4.69) is 4.98 Å². The van der Waals surface area contributed by atoms with Gasteiger partial charge in [0, 0.05) is 5.56 Å². The monoisotopic (exact) mass is 315 g/mol. The third-order valence-corrected chi connectivity index (χ3v) is 3.07. The molecule has 1 heterocycles. The Morgan fingerprint density at radius 2 is 1.95 bits per heavy atom. The first-order chi connectivity index (χ1) is 9.77. The van der Waals surface area contributed by atoms with Gasteiger partial charge < -0.3 is 5.11 Å². The first-order valence-corrected chi connectivity index (χ1v) is 6.20. The largest absolute Gasteiger partial charge is 0.481 e. The molecule has 0 amide bonds.